The van der Waals surface area contributed by atoms with Gasteiger partial charge in [-0.25, -0.2) is 4.85 Å². The van der Waals surface area contributed by atoms with Crippen molar-refractivity contribution in [2.45, 2.75) is 66.3 Å². The van der Waals surface area contributed by atoms with E-state index in [4.69, 9.17) is 11.3 Å². The van der Waals surface area contributed by atoms with Gasteiger partial charge in [0.2, 0.25) is 0 Å². The summed E-state index contributed by atoms with van der Waals surface area (Å²) in [7, 11) is 0. The second-order valence-electron chi connectivity index (χ2n) is 6.34. The molecule has 1 aromatic rings. The summed E-state index contributed by atoms with van der Waals surface area (Å²) in [6, 6.07) is 0. The minimum absolute atomic E-state index is 0.0423. The third-order valence-corrected chi connectivity index (χ3v) is 4.64. The molecule has 0 aliphatic carbocycles. The minimum atomic E-state index is -0.417. The Bertz CT molecular complexity index is 629. The van der Waals surface area contributed by atoms with E-state index in [-0.39, 0.29) is 11.6 Å². The van der Waals surface area contributed by atoms with Gasteiger partial charge in [-0.15, -0.1) is 0 Å². The van der Waals surface area contributed by atoms with Gasteiger partial charge in [0.1, 0.15) is 0 Å². The highest BCUT2D eigenvalue weighted by atomic mass is 16.5. The molecule has 0 aliphatic heterocycles. The lowest BCUT2D eigenvalue weighted by Gasteiger charge is -2.16. The van der Waals surface area contributed by atoms with E-state index in [2.05, 4.69) is 18.7 Å². The number of hydrogen-bond donors (Lipinski definition) is 1. The molecule has 0 amide bonds. The van der Waals surface area contributed by atoms with Gasteiger partial charge in [-0.2, -0.15) is 0 Å². The predicted molar refractivity (Wildman–Crippen MR) is 96.8 cm³/mol. The van der Waals surface area contributed by atoms with E-state index < -0.39 is 5.56 Å². The van der Waals surface area contributed by atoms with E-state index in [9.17, 15) is 9.90 Å². The maximum absolute atomic E-state index is 12.3. The van der Waals surface area contributed by atoms with Crippen molar-refractivity contribution in [1.29, 1.82) is 0 Å². The molecular weight excluding hydrogens is 304 g/mol. The smallest absolute Gasteiger partial charge is 0.259 e. The molecule has 0 spiro atoms. The van der Waals surface area contributed by atoms with Crippen LogP contribution in [0.5, 0.6) is 5.88 Å². The summed E-state index contributed by atoms with van der Waals surface area (Å²) < 4.78 is 7.02. The van der Waals surface area contributed by atoms with Crippen molar-refractivity contribution in [3.63, 3.8) is 0 Å². The summed E-state index contributed by atoms with van der Waals surface area (Å²) in [4.78, 5) is 15.6. The molecule has 1 heterocycles. The van der Waals surface area contributed by atoms with Crippen molar-refractivity contribution >= 4 is 5.69 Å². The van der Waals surface area contributed by atoms with Crippen molar-refractivity contribution in [3.8, 4) is 5.88 Å². The molecule has 0 bridgehead atoms. The SMILES string of the molecule is [C-]#[N+]c1c(C)c(C)c(O)n(CCCOCC(CC)CCCC)c1=O. The molecular formula is C19H30N2O3. The van der Waals surface area contributed by atoms with Gasteiger partial charge < -0.3 is 9.84 Å². The Morgan fingerprint density at radius 1 is 1.25 bits per heavy atom. The van der Waals surface area contributed by atoms with Crippen LogP contribution in [0.1, 0.15) is 57.1 Å². The van der Waals surface area contributed by atoms with Gasteiger partial charge in [0.05, 0.1) is 6.57 Å². The second kappa shape index (κ2) is 10.1. The summed E-state index contributed by atoms with van der Waals surface area (Å²) >= 11 is 0. The number of pyridine rings is 1. The number of aromatic hydroxyl groups is 1. The van der Waals surface area contributed by atoms with Gasteiger partial charge in [-0.3, -0.25) is 9.36 Å². The van der Waals surface area contributed by atoms with Crippen LogP contribution in [0.15, 0.2) is 4.79 Å². The van der Waals surface area contributed by atoms with Crippen LogP contribution in [-0.4, -0.2) is 22.9 Å². The van der Waals surface area contributed by atoms with E-state index in [0.717, 1.165) is 13.0 Å². The fourth-order valence-corrected chi connectivity index (χ4v) is 2.74. The molecule has 24 heavy (non-hydrogen) atoms. The first kappa shape index (κ1) is 20.2. The molecule has 5 nitrogen and oxygen atoms in total. The van der Waals surface area contributed by atoms with E-state index in [1.807, 2.05) is 0 Å². The normalized spacial score (nSPS) is 12.1. The molecule has 0 fully saturated rings. The largest absolute Gasteiger partial charge is 0.494 e. The fraction of sp³-hybridized carbons (Fsp3) is 0.684. The van der Waals surface area contributed by atoms with E-state index in [1.54, 1.807) is 13.8 Å². The van der Waals surface area contributed by atoms with Crippen LogP contribution >= 0.6 is 0 Å². The zero-order valence-corrected chi connectivity index (χ0v) is 15.4. The van der Waals surface area contributed by atoms with Crippen molar-refractivity contribution < 1.29 is 9.84 Å². The van der Waals surface area contributed by atoms with Gasteiger partial charge in [0.15, 0.2) is 5.88 Å². The summed E-state index contributed by atoms with van der Waals surface area (Å²) in [6.45, 7) is 16.6. The Morgan fingerprint density at radius 3 is 2.54 bits per heavy atom. The second-order valence-corrected chi connectivity index (χ2v) is 6.34. The highest BCUT2D eigenvalue weighted by molar-refractivity contribution is 5.55. The Labute approximate surface area is 145 Å². The fourth-order valence-electron chi connectivity index (χ4n) is 2.74. The Morgan fingerprint density at radius 2 is 1.96 bits per heavy atom. The third kappa shape index (κ3) is 5.10. The quantitative estimate of drug-likeness (QED) is 0.511. The molecule has 5 heteroatoms. The lowest BCUT2D eigenvalue weighted by Crippen LogP contribution is -2.22. The Kier molecular flexibility index (Phi) is 8.56. The number of rotatable bonds is 10. The summed E-state index contributed by atoms with van der Waals surface area (Å²) in [5, 5.41) is 10.2. The molecule has 1 unspecified atom stereocenters. The van der Waals surface area contributed by atoms with Crippen LogP contribution in [0.3, 0.4) is 0 Å². The Balaban J connectivity index is 2.59. The summed E-state index contributed by atoms with van der Waals surface area (Å²) in [5.41, 5.74) is 0.825. The zero-order valence-electron chi connectivity index (χ0n) is 15.4. The van der Waals surface area contributed by atoms with Crippen molar-refractivity contribution in [1.82, 2.24) is 4.57 Å². The lowest BCUT2D eigenvalue weighted by atomic mass is 10.0. The van der Waals surface area contributed by atoms with Crippen LogP contribution in [0.25, 0.3) is 4.85 Å². The average Bonchev–Trinajstić information content (AvgIpc) is 2.58. The molecule has 0 saturated carbocycles. The molecule has 0 aliphatic rings. The number of nitrogens with zero attached hydrogens (tertiary/aromatic N) is 2. The van der Waals surface area contributed by atoms with Crippen LogP contribution in [0, 0.1) is 26.3 Å². The summed E-state index contributed by atoms with van der Waals surface area (Å²) in [5.74, 6) is 0.552. The van der Waals surface area contributed by atoms with Crippen LogP contribution in [0.2, 0.25) is 0 Å². The minimum Gasteiger partial charge on any atom is -0.494 e. The first-order valence-electron chi connectivity index (χ1n) is 8.85. The third-order valence-electron chi connectivity index (χ3n) is 4.64. The molecule has 0 aromatic carbocycles. The van der Waals surface area contributed by atoms with Gasteiger partial charge in [0, 0.05) is 25.3 Å². The van der Waals surface area contributed by atoms with Gasteiger partial charge in [-0.05, 0) is 38.2 Å². The highest BCUT2D eigenvalue weighted by Crippen LogP contribution is 2.25. The Hall–Kier alpha value is -1.80. The van der Waals surface area contributed by atoms with E-state index >= 15 is 0 Å². The van der Waals surface area contributed by atoms with E-state index in [0.29, 0.717) is 36.6 Å². The van der Waals surface area contributed by atoms with Crippen molar-refractivity contribution in [2.24, 2.45) is 5.92 Å². The molecule has 1 N–H and O–H groups in total. The topological polar surface area (TPSA) is 55.8 Å². The van der Waals surface area contributed by atoms with Crippen molar-refractivity contribution in [3.05, 3.63) is 32.9 Å². The molecule has 134 valence electrons. The number of hydrogen-bond acceptors (Lipinski definition) is 3. The highest BCUT2D eigenvalue weighted by Gasteiger charge is 2.16. The standard InChI is InChI=1S/C19H30N2O3/c1-6-8-10-16(7-2)13-24-12-9-11-21-18(22)15(4)14(3)17(20-5)19(21)23/h16,22H,6-13H2,1-4H3. The molecule has 0 saturated heterocycles. The van der Waals surface area contributed by atoms with Crippen LogP contribution in [-0.2, 0) is 11.3 Å². The molecule has 1 atom stereocenters. The maximum atomic E-state index is 12.3. The summed E-state index contributed by atoms with van der Waals surface area (Å²) in [6.07, 6.45) is 5.38. The number of unbranched alkanes of at least 4 members (excludes halogenated alkanes) is 1. The molecule has 1 rings (SSSR count). The monoisotopic (exact) mass is 334 g/mol. The number of ether oxygens (including phenoxy) is 1. The zero-order chi connectivity index (χ0) is 18.1. The van der Waals surface area contributed by atoms with Gasteiger partial charge >= 0.3 is 0 Å². The average molecular weight is 334 g/mol. The molecule has 1 aromatic heterocycles. The van der Waals surface area contributed by atoms with Crippen LogP contribution in [0.4, 0.5) is 5.69 Å². The molecule has 0 radical (unpaired) electrons. The maximum Gasteiger partial charge on any atom is 0.259 e. The first-order valence-corrected chi connectivity index (χ1v) is 8.85. The lowest BCUT2D eigenvalue weighted by molar-refractivity contribution is 0.0895. The number of aromatic nitrogens is 1. The first-order chi connectivity index (χ1) is 11.5. The van der Waals surface area contributed by atoms with Crippen molar-refractivity contribution in [2.75, 3.05) is 13.2 Å². The van der Waals surface area contributed by atoms with Crippen LogP contribution < -0.4 is 5.56 Å². The van der Waals surface area contributed by atoms with E-state index in [1.165, 1.54) is 23.8 Å². The van der Waals surface area contributed by atoms with Gasteiger partial charge in [0.25, 0.3) is 11.2 Å². The van der Waals surface area contributed by atoms with Gasteiger partial charge in [-0.1, -0.05) is 33.1 Å². The predicted octanol–water partition coefficient (Wildman–Crippen LogP) is 4.34.